The van der Waals surface area contributed by atoms with E-state index in [4.69, 9.17) is 10.5 Å². The van der Waals surface area contributed by atoms with Gasteiger partial charge in [-0.15, -0.1) is 0 Å². The number of rotatable bonds is 10. The van der Waals surface area contributed by atoms with Gasteiger partial charge in [-0.2, -0.15) is 0 Å². The molecular formula is C26H36N6O6S. The van der Waals surface area contributed by atoms with Crippen molar-refractivity contribution in [3.05, 3.63) is 50.5 Å². The summed E-state index contributed by atoms with van der Waals surface area (Å²) in [6.07, 6.45) is 2.68. The number of carbonyl (C=O) groups excluding carboxylic acids is 1. The minimum absolute atomic E-state index is 0.0551. The predicted molar refractivity (Wildman–Crippen MR) is 150 cm³/mol. The molecular weight excluding hydrogens is 524 g/mol. The van der Waals surface area contributed by atoms with Gasteiger partial charge in [0.1, 0.15) is 27.6 Å². The van der Waals surface area contributed by atoms with E-state index in [1.165, 1.54) is 0 Å². The summed E-state index contributed by atoms with van der Waals surface area (Å²) in [5.41, 5.74) is 5.27. The first kappa shape index (κ1) is 28.6. The number of anilines is 1. The molecule has 1 unspecified atom stereocenters. The molecule has 1 saturated heterocycles. The molecule has 12 nitrogen and oxygen atoms in total. The minimum Gasteiger partial charge on any atom is -0.491 e. The van der Waals surface area contributed by atoms with E-state index < -0.39 is 33.3 Å². The largest absolute Gasteiger partial charge is 0.491 e. The highest BCUT2D eigenvalue weighted by atomic mass is 32.2. The number of nitrogens with zero attached hydrogens (tertiary/aromatic N) is 5. The first-order valence-electron chi connectivity index (χ1n) is 13.1. The molecule has 0 radical (unpaired) electrons. The molecule has 0 bridgehead atoms. The number of carbonyl (C=O) groups is 1. The molecule has 1 atom stereocenters. The lowest BCUT2D eigenvalue weighted by Crippen LogP contribution is -2.44. The molecule has 0 saturated carbocycles. The van der Waals surface area contributed by atoms with Crippen molar-refractivity contribution in [1.29, 1.82) is 0 Å². The molecule has 4 rings (SSSR count). The van der Waals surface area contributed by atoms with Crippen LogP contribution in [0.4, 0.5) is 5.95 Å². The Balaban J connectivity index is 1.86. The van der Waals surface area contributed by atoms with Gasteiger partial charge < -0.3 is 19.9 Å². The van der Waals surface area contributed by atoms with Crippen molar-refractivity contribution in [2.24, 2.45) is 5.73 Å². The van der Waals surface area contributed by atoms with Gasteiger partial charge in [-0.3, -0.25) is 14.4 Å². The fourth-order valence-corrected chi connectivity index (χ4v) is 5.38. The molecule has 0 spiro atoms. The van der Waals surface area contributed by atoms with Crippen LogP contribution in [-0.4, -0.2) is 70.4 Å². The van der Waals surface area contributed by atoms with E-state index in [0.29, 0.717) is 36.9 Å². The lowest BCUT2D eigenvalue weighted by molar-refractivity contribution is 0.0958. The van der Waals surface area contributed by atoms with Gasteiger partial charge in [0.15, 0.2) is 11.3 Å². The van der Waals surface area contributed by atoms with Crippen LogP contribution >= 0.6 is 0 Å². The summed E-state index contributed by atoms with van der Waals surface area (Å²) >= 11 is 0. The van der Waals surface area contributed by atoms with Crippen LogP contribution in [0.1, 0.15) is 44.0 Å². The SMILES string of the molecule is CCn1c(N2CCCC(N)C2)nc2c(=O)n(CCS(C)(=O)=O)n(CC(=O)c3cccc(OC(C)C)c3)c(=O)c21. The van der Waals surface area contributed by atoms with Gasteiger partial charge in [0.2, 0.25) is 5.95 Å². The minimum atomic E-state index is -3.47. The molecule has 212 valence electrons. The number of piperidine rings is 1. The smallest absolute Gasteiger partial charge is 0.293 e. The Kier molecular flexibility index (Phi) is 8.31. The number of Topliss-reactive ketones (excluding diaryl/α,β-unsaturated/α-hetero) is 1. The molecule has 1 aliphatic heterocycles. The number of imidazole rings is 1. The molecule has 1 aliphatic rings. The molecule has 13 heteroatoms. The van der Waals surface area contributed by atoms with Crippen LogP contribution in [0.15, 0.2) is 33.9 Å². The second-order valence-electron chi connectivity index (χ2n) is 10.2. The van der Waals surface area contributed by atoms with Crippen LogP contribution in [0.25, 0.3) is 11.0 Å². The lowest BCUT2D eigenvalue weighted by Gasteiger charge is -2.31. The number of ketones is 1. The number of aromatic nitrogens is 4. The Morgan fingerprint density at radius 2 is 1.95 bits per heavy atom. The zero-order valence-corrected chi connectivity index (χ0v) is 23.6. The van der Waals surface area contributed by atoms with Crippen molar-refractivity contribution in [3.8, 4) is 5.75 Å². The molecule has 2 aromatic heterocycles. The maximum atomic E-state index is 13.9. The van der Waals surface area contributed by atoms with Gasteiger partial charge in [0, 0.05) is 37.5 Å². The molecule has 1 aromatic carbocycles. The summed E-state index contributed by atoms with van der Waals surface area (Å²) in [7, 11) is -3.47. The number of aryl methyl sites for hydroxylation is 1. The van der Waals surface area contributed by atoms with Crippen molar-refractivity contribution in [2.45, 2.75) is 65.4 Å². The average molecular weight is 561 g/mol. The van der Waals surface area contributed by atoms with E-state index in [1.54, 1.807) is 28.8 Å². The summed E-state index contributed by atoms with van der Waals surface area (Å²) in [5, 5.41) is 0. The number of hydrogen-bond donors (Lipinski definition) is 1. The Morgan fingerprint density at radius 1 is 1.21 bits per heavy atom. The molecule has 3 aromatic rings. The first-order chi connectivity index (χ1) is 18.4. The van der Waals surface area contributed by atoms with Crippen LogP contribution in [-0.2, 0) is 29.5 Å². The third-order valence-corrected chi connectivity index (χ3v) is 7.59. The van der Waals surface area contributed by atoms with Gasteiger partial charge in [-0.05, 0) is 45.7 Å². The van der Waals surface area contributed by atoms with Gasteiger partial charge >= 0.3 is 0 Å². The van der Waals surface area contributed by atoms with E-state index in [2.05, 4.69) is 4.98 Å². The zero-order valence-electron chi connectivity index (χ0n) is 22.8. The van der Waals surface area contributed by atoms with Gasteiger partial charge in [0.05, 0.1) is 18.4 Å². The van der Waals surface area contributed by atoms with Crippen LogP contribution < -0.4 is 26.5 Å². The lowest BCUT2D eigenvalue weighted by atomic mass is 10.1. The number of sulfone groups is 1. The van der Waals surface area contributed by atoms with Gasteiger partial charge in [0.25, 0.3) is 11.1 Å². The second kappa shape index (κ2) is 11.3. The number of ether oxygens (including phenoxy) is 1. The van der Waals surface area contributed by atoms with Crippen molar-refractivity contribution < 1.29 is 17.9 Å². The highest BCUT2D eigenvalue weighted by Crippen LogP contribution is 2.22. The summed E-state index contributed by atoms with van der Waals surface area (Å²) in [6, 6.07) is 6.53. The maximum Gasteiger partial charge on any atom is 0.293 e. The molecule has 39 heavy (non-hydrogen) atoms. The quantitative estimate of drug-likeness (QED) is 0.358. The number of benzene rings is 1. The maximum absolute atomic E-state index is 13.9. The van der Waals surface area contributed by atoms with E-state index >= 15 is 0 Å². The molecule has 3 heterocycles. The van der Waals surface area contributed by atoms with E-state index in [-0.39, 0.29) is 35.5 Å². The Labute approximate surface area is 226 Å². The Hall–Kier alpha value is -3.45. The summed E-state index contributed by atoms with van der Waals surface area (Å²) in [5.74, 6) is 0.158. The molecule has 1 fully saturated rings. The average Bonchev–Trinajstić information content (AvgIpc) is 3.26. The van der Waals surface area contributed by atoms with E-state index in [0.717, 1.165) is 28.5 Å². The fourth-order valence-electron chi connectivity index (χ4n) is 4.88. The summed E-state index contributed by atoms with van der Waals surface area (Å²) in [6.45, 7) is 6.40. The predicted octanol–water partition coefficient (Wildman–Crippen LogP) is 1.02. The van der Waals surface area contributed by atoms with Crippen molar-refractivity contribution in [2.75, 3.05) is 30.0 Å². The van der Waals surface area contributed by atoms with Gasteiger partial charge in [-0.1, -0.05) is 12.1 Å². The molecule has 0 amide bonds. The third kappa shape index (κ3) is 6.25. The normalized spacial score (nSPS) is 16.3. The van der Waals surface area contributed by atoms with Crippen LogP contribution in [0, 0.1) is 0 Å². The Bertz CT molecular complexity index is 1600. The summed E-state index contributed by atoms with van der Waals surface area (Å²) in [4.78, 5) is 47.5. The van der Waals surface area contributed by atoms with Gasteiger partial charge in [-0.25, -0.2) is 22.8 Å². The number of nitrogens with two attached hydrogens (primary N) is 1. The molecule has 2 N–H and O–H groups in total. The van der Waals surface area contributed by atoms with Crippen LogP contribution in [0.3, 0.4) is 0 Å². The monoisotopic (exact) mass is 560 g/mol. The first-order valence-corrected chi connectivity index (χ1v) is 15.2. The second-order valence-corrected chi connectivity index (χ2v) is 12.5. The zero-order chi connectivity index (χ0) is 28.5. The fraction of sp³-hybridized carbons (Fsp3) is 0.538. The van der Waals surface area contributed by atoms with Crippen molar-refractivity contribution in [1.82, 2.24) is 18.9 Å². The number of fused-ring (bicyclic) bond motifs is 1. The standard InChI is InChI=1S/C26H36N6O6S/c1-5-30-23-22(28-26(30)29-11-7-9-19(27)15-29)24(34)31(12-13-39(4,36)37)32(25(23)35)16-21(33)18-8-6-10-20(14-18)38-17(2)3/h6,8,10,14,17,19H,5,7,9,11-13,15-16,27H2,1-4H3. The van der Waals surface area contributed by atoms with Crippen LogP contribution in [0.2, 0.25) is 0 Å². The summed E-state index contributed by atoms with van der Waals surface area (Å²) < 4.78 is 33.4. The van der Waals surface area contributed by atoms with Crippen molar-refractivity contribution >= 4 is 32.6 Å². The highest BCUT2D eigenvalue weighted by molar-refractivity contribution is 7.90. The van der Waals surface area contributed by atoms with Crippen LogP contribution in [0.5, 0.6) is 5.75 Å². The topological polar surface area (TPSA) is 152 Å². The molecule has 0 aliphatic carbocycles. The third-order valence-electron chi connectivity index (χ3n) is 6.66. The highest BCUT2D eigenvalue weighted by Gasteiger charge is 2.27. The van der Waals surface area contributed by atoms with E-state index in [9.17, 15) is 22.8 Å². The Morgan fingerprint density at radius 3 is 2.59 bits per heavy atom. The van der Waals surface area contributed by atoms with Crippen molar-refractivity contribution in [3.63, 3.8) is 0 Å². The van der Waals surface area contributed by atoms with E-state index in [1.807, 2.05) is 25.7 Å². The number of hydrogen-bond acceptors (Lipinski definition) is 9.